The van der Waals surface area contributed by atoms with Crippen LogP contribution < -0.4 is 10.6 Å². The van der Waals surface area contributed by atoms with Gasteiger partial charge >= 0.3 is 0 Å². The summed E-state index contributed by atoms with van der Waals surface area (Å²) in [6.45, 7) is 7.06. The second-order valence-corrected chi connectivity index (χ2v) is 9.40. The highest BCUT2D eigenvalue weighted by Gasteiger charge is 2.23. The zero-order valence-electron chi connectivity index (χ0n) is 21.1. The number of morpholine rings is 1. The summed E-state index contributed by atoms with van der Waals surface area (Å²) in [5.74, 6) is 0.523. The van der Waals surface area contributed by atoms with E-state index in [2.05, 4.69) is 54.1 Å². The normalized spacial score (nSPS) is 14.6. The van der Waals surface area contributed by atoms with E-state index in [4.69, 9.17) is 10.5 Å². The van der Waals surface area contributed by atoms with E-state index in [-0.39, 0.29) is 11.9 Å². The van der Waals surface area contributed by atoms with E-state index in [0.29, 0.717) is 24.6 Å². The van der Waals surface area contributed by atoms with E-state index in [1.165, 1.54) is 0 Å². The predicted octanol–water partition coefficient (Wildman–Crippen LogP) is 5.46. The average Bonchev–Trinajstić information content (AvgIpc) is 2.92. The number of benzene rings is 3. The molecule has 2 N–H and O–H groups in total. The Morgan fingerprint density at radius 1 is 1.03 bits per heavy atom. The number of carbonyl (C=O) groups is 1. The van der Waals surface area contributed by atoms with Crippen LogP contribution in [0.25, 0.3) is 22.0 Å². The summed E-state index contributed by atoms with van der Waals surface area (Å²) in [6.07, 6.45) is 0. The summed E-state index contributed by atoms with van der Waals surface area (Å²) < 4.78 is 5.50. The molecule has 2 heterocycles. The van der Waals surface area contributed by atoms with Gasteiger partial charge in [0.15, 0.2) is 0 Å². The second-order valence-electron chi connectivity index (χ2n) is 9.40. The highest BCUT2D eigenvalue weighted by molar-refractivity contribution is 6.03. The van der Waals surface area contributed by atoms with Gasteiger partial charge in [0.25, 0.3) is 5.91 Å². The van der Waals surface area contributed by atoms with Gasteiger partial charge < -0.3 is 20.3 Å². The molecule has 36 heavy (non-hydrogen) atoms. The molecule has 3 aromatic carbocycles. The summed E-state index contributed by atoms with van der Waals surface area (Å²) in [6, 6.07) is 24.2. The van der Waals surface area contributed by atoms with Crippen molar-refractivity contribution in [2.75, 3.05) is 44.0 Å². The van der Waals surface area contributed by atoms with Gasteiger partial charge in [-0.15, -0.1) is 0 Å². The Balaban J connectivity index is 1.54. The maximum atomic E-state index is 13.8. The first kappa shape index (κ1) is 23.8. The lowest BCUT2D eigenvalue weighted by atomic mass is 9.93. The molecule has 5 rings (SSSR count). The first-order chi connectivity index (χ1) is 17.4. The Bertz CT molecular complexity index is 1400. The monoisotopic (exact) mass is 480 g/mol. The van der Waals surface area contributed by atoms with E-state index in [0.717, 1.165) is 51.9 Å². The third kappa shape index (κ3) is 4.52. The van der Waals surface area contributed by atoms with Gasteiger partial charge in [-0.2, -0.15) is 0 Å². The quantitative estimate of drug-likeness (QED) is 0.411. The lowest BCUT2D eigenvalue weighted by molar-refractivity contribution is 0.0743. The summed E-state index contributed by atoms with van der Waals surface area (Å²) >= 11 is 0. The summed E-state index contributed by atoms with van der Waals surface area (Å²) in [5.41, 5.74) is 12.9. The third-order valence-electron chi connectivity index (χ3n) is 7.15. The van der Waals surface area contributed by atoms with Crippen LogP contribution in [0.4, 0.5) is 11.5 Å². The minimum absolute atomic E-state index is 0.00501. The summed E-state index contributed by atoms with van der Waals surface area (Å²) in [4.78, 5) is 22.5. The van der Waals surface area contributed by atoms with Crippen LogP contribution in [0.5, 0.6) is 0 Å². The average molecular weight is 481 g/mol. The fraction of sp³-hybridized carbons (Fsp3) is 0.267. The zero-order valence-corrected chi connectivity index (χ0v) is 21.1. The Labute approximate surface area is 212 Å². The number of carbonyl (C=O) groups excluding carboxylic acids is 1. The van der Waals surface area contributed by atoms with Gasteiger partial charge in [-0.05, 0) is 60.4 Å². The Morgan fingerprint density at radius 3 is 2.53 bits per heavy atom. The molecule has 4 aromatic rings. The van der Waals surface area contributed by atoms with Crippen LogP contribution in [0.2, 0.25) is 0 Å². The van der Waals surface area contributed by atoms with E-state index in [9.17, 15) is 4.79 Å². The number of ether oxygens (including phenoxy) is 1. The van der Waals surface area contributed by atoms with E-state index >= 15 is 0 Å². The maximum absolute atomic E-state index is 13.8. The van der Waals surface area contributed by atoms with E-state index < -0.39 is 0 Å². The van der Waals surface area contributed by atoms with Gasteiger partial charge in [0.05, 0.1) is 30.5 Å². The van der Waals surface area contributed by atoms with Gasteiger partial charge in [-0.3, -0.25) is 4.79 Å². The number of rotatable bonds is 5. The molecule has 6 heteroatoms. The number of pyridine rings is 1. The number of nitrogen functional groups attached to an aromatic ring is 1. The van der Waals surface area contributed by atoms with Crippen molar-refractivity contribution in [3.8, 4) is 11.1 Å². The van der Waals surface area contributed by atoms with Crippen LogP contribution in [0.15, 0.2) is 72.8 Å². The van der Waals surface area contributed by atoms with Crippen molar-refractivity contribution >= 4 is 28.3 Å². The largest absolute Gasteiger partial charge is 0.382 e. The van der Waals surface area contributed by atoms with Crippen LogP contribution in [0, 0.1) is 6.92 Å². The zero-order chi connectivity index (χ0) is 25.2. The smallest absolute Gasteiger partial charge is 0.254 e. The van der Waals surface area contributed by atoms with Gasteiger partial charge in [0.1, 0.15) is 5.82 Å². The number of aryl methyl sites for hydroxylation is 1. The molecule has 1 aliphatic heterocycles. The van der Waals surface area contributed by atoms with E-state index in [1.54, 1.807) is 0 Å². The molecule has 6 nitrogen and oxygen atoms in total. The fourth-order valence-electron chi connectivity index (χ4n) is 4.94. The van der Waals surface area contributed by atoms with Gasteiger partial charge in [0.2, 0.25) is 0 Å². The number of aromatic nitrogens is 1. The number of amides is 1. The first-order valence-corrected chi connectivity index (χ1v) is 12.4. The molecule has 1 fully saturated rings. The highest BCUT2D eigenvalue weighted by Crippen LogP contribution is 2.34. The van der Waals surface area contributed by atoms with Crippen molar-refractivity contribution in [3.63, 3.8) is 0 Å². The number of nitrogens with zero attached hydrogens (tertiary/aromatic N) is 3. The lowest BCUT2D eigenvalue weighted by Crippen LogP contribution is -2.36. The molecule has 1 saturated heterocycles. The SMILES string of the molecule is Cc1cccc(C(=O)N(C)[C@H](C)c2ccccc2)c1-c1ccc2nc(N)c(N3CCOCC3)cc2c1. The first-order valence-electron chi connectivity index (χ1n) is 12.4. The summed E-state index contributed by atoms with van der Waals surface area (Å²) in [5, 5.41) is 0.996. The van der Waals surface area contributed by atoms with Crippen LogP contribution in [-0.2, 0) is 4.74 Å². The van der Waals surface area contributed by atoms with Crippen molar-refractivity contribution < 1.29 is 9.53 Å². The Morgan fingerprint density at radius 2 is 1.78 bits per heavy atom. The Kier molecular flexibility index (Phi) is 6.61. The molecule has 0 aliphatic carbocycles. The van der Waals surface area contributed by atoms with Crippen molar-refractivity contribution in [1.29, 1.82) is 0 Å². The molecule has 184 valence electrons. The van der Waals surface area contributed by atoms with Gasteiger partial charge in [-0.25, -0.2) is 4.98 Å². The topological polar surface area (TPSA) is 71.7 Å². The third-order valence-corrected chi connectivity index (χ3v) is 7.15. The van der Waals surface area contributed by atoms with Gasteiger partial charge in [0, 0.05) is 31.1 Å². The van der Waals surface area contributed by atoms with Crippen molar-refractivity contribution in [3.05, 3.63) is 89.5 Å². The van der Waals surface area contributed by atoms with E-state index in [1.807, 2.05) is 54.4 Å². The molecule has 0 unspecified atom stereocenters. The van der Waals surface area contributed by atoms with Crippen LogP contribution in [0.1, 0.15) is 34.5 Å². The van der Waals surface area contributed by atoms with Crippen LogP contribution in [0.3, 0.4) is 0 Å². The Hall–Kier alpha value is -3.90. The molecular weight excluding hydrogens is 448 g/mol. The number of hydrogen-bond acceptors (Lipinski definition) is 5. The molecule has 0 radical (unpaired) electrons. The van der Waals surface area contributed by atoms with Crippen LogP contribution in [-0.4, -0.2) is 49.1 Å². The molecular formula is C30H32N4O2. The molecule has 1 aliphatic rings. The number of hydrogen-bond donors (Lipinski definition) is 1. The fourth-order valence-corrected chi connectivity index (χ4v) is 4.94. The minimum atomic E-state index is -0.0491. The number of fused-ring (bicyclic) bond motifs is 1. The van der Waals surface area contributed by atoms with Crippen LogP contribution >= 0.6 is 0 Å². The molecule has 1 atom stereocenters. The molecule has 0 saturated carbocycles. The standard InChI is InChI=1S/C30H32N4O2/c1-20-8-7-11-25(30(35)33(3)21(2)22-9-5-4-6-10-22)28(20)23-12-13-26-24(18-23)19-27(29(31)32-26)34-14-16-36-17-15-34/h4-13,18-19,21H,14-17H2,1-3H3,(H2,31,32)/t21-/m1/s1. The molecule has 0 bridgehead atoms. The second kappa shape index (κ2) is 9.99. The van der Waals surface area contributed by atoms with Gasteiger partial charge in [-0.1, -0.05) is 48.5 Å². The number of nitrogens with two attached hydrogens (primary N) is 1. The maximum Gasteiger partial charge on any atom is 0.254 e. The predicted molar refractivity (Wildman–Crippen MR) is 146 cm³/mol. The molecule has 1 amide bonds. The lowest BCUT2D eigenvalue weighted by Gasteiger charge is -2.29. The van der Waals surface area contributed by atoms with Crippen molar-refractivity contribution in [1.82, 2.24) is 9.88 Å². The minimum Gasteiger partial charge on any atom is -0.382 e. The highest BCUT2D eigenvalue weighted by atomic mass is 16.5. The van der Waals surface area contributed by atoms with Crippen molar-refractivity contribution in [2.24, 2.45) is 0 Å². The molecule has 0 spiro atoms. The number of anilines is 2. The summed E-state index contributed by atoms with van der Waals surface area (Å²) in [7, 11) is 1.87. The van der Waals surface area contributed by atoms with Crippen molar-refractivity contribution in [2.45, 2.75) is 19.9 Å². The molecule has 1 aromatic heterocycles.